The van der Waals surface area contributed by atoms with Crippen LogP contribution in [0.3, 0.4) is 0 Å². The Morgan fingerprint density at radius 3 is 2.96 bits per heavy atom. The molecule has 2 aromatic heterocycles. The number of rotatable bonds is 7. The molecule has 0 bridgehead atoms. The Morgan fingerprint density at radius 2 is 2.25 bits per heavy atom. The maximum absolute atomic E-state index is 10.4. The van der Waals surface area contributed by atoms with E-state index in [2.05, 4.69) is 30.4 Å². The van der Waals surface area contributed by atoms with Gasteiger partial charge in [-0.3, -0.25) is 9.58 Å². The molecule has 24 heavy (non-hydrogen) atoms. The van der Waals surface area contributed by atoms with Crippen molar-refractivity contribution >= 4 is 0 Å². The number of nitrogens with zero attached hydrogens (tertiary/aromatic N) is 3. The topological polar surface area (TPSA) is 54.4 Å². The molecular weight excluding hydrogens is 302 g/mol. The van der Waals surface area contributed by atoms with Gasteiger partial charge in [0.2, 0.25) is 0 Å². The van der Waals surface area contributed by atoms with Crippen molar-refractivity contribution in [2.45, 2.75) is 71.7 Å². The van der Waals surface area contributed by atoms with E-state index >= 15 is 0 Å². The Hall–Kier alpha value is -1.59. The second-order valence-corrected chi connectivity index (χ2v) is 6.91. The molecule has 132 valence electrons. The van der Waals surface area contributed by atoms with Gasteiger partial charge in [0.1, 0.15) is 11.9 Å². The van der Waals surface area contributed by atoms with Crippen molar-refractivity contribution in [1.29, 1.82) is 0 Å². The molecule has 1 saturated heterocycles. The van der Waals surface area contributed by atoms with Gasteiger partial charge in [-0.2, -0.15) is 5.10 Å². The van der Waals surface area contributed by atoms with Crippen LogP contribution in [0.25, 0.3) is 0 Å². The van der Waals surface area contributed by atoms with Crippen molar-refractivity contribution < 1.29 is 9.52 Å². The Morgan fingerprint density at radius 1 is 1.42 bits per heavy atom. The highest BCUT2D eigenvalue weighted by Gasteiger charge is 2.29. The number of hydrogen-bond donors (Lipinski definition) is 1. The lowest BCUT2D eigenvalue weighted by Crippen LogP contribution is -2.30. The molecule has 5 nitrogen and oxygen atoms in total. The van der Waals surface area contributed by atoms with E-state index in [1.807, 2.05) is 12.1 Å². The number of likely N-dealkylation sites (tertiary alicyclic amines) is 1. The van der Waals surface area contributed by atoms with Gasteiger partial charge >= 0.3 is 0 Å². The third-order valence-corrected chi connectivity index (χ3v) is 5.19. The van der Waals surface area contributed by atoms with Crippen LogP contribution >= 0.6 is 0 Å². The summed E-state index contributed by atoms with van der Waals surface area (Å²) >= 11 is 0. The zero-order valence-electron chi connectivity index (χ0n) is 15.0. The Balaban J connectivity index is 1.68. The van der Waals surface area contributed by atoms with Gasteiger partial charge in [-0.25, -0.2) is 0 Å². The zero-order valence-corrected chi connectivity index (χ0v) is 15.0. The fourth-order valence-corrected chi connectivity index (χ4v) is 3.82. The molecule has 1 aliphatic heterocycles. The summed E-state index contributed by atoms with van der Waals surface area (Å²) in [6.07, 6.45) is 5.27. The minimum Gasteiger partial charge on any atom is -0.467 e. The summed E-state index contributed by atoms with van der Waals surface area (Å²) in [5, 5.41) is 15.1. The Bertz CT molecular complexity index is 648. The van der Waals surface area contributed by atoms with Crippen molar-refractivity contribution in [3.63, 3.8) is 0 Å². The fraction of sp³-hybridized carbons (Fsp3) is 0.632. The van der Waals surface area contributed by atoms with Crippen LogP contribution in [-0.2, 0) is 13.1 Å². The largest absolute Gasteiger partial charge is 0.467 e. The third-order valence-electron chi connectivity index (χ3n) is 5.19. The molecule has 3 rings (SSSR count). The average Bonchev–Trinajstić information content (AvgIpc) is 3.27. The lowest BCUT2D eigenvalue weighted by atomic mass is 10.0. The molecule has 1 N–H and O–H groups in total. The third kappa shape index (κ3) is 3.57. The van der Waals surface area contributed by atoms with E-state index in [0.29, 0.717) is 11.8 Å². The minimum atomic E-state index is -0.518. The van der Waals surface area contributed by atoms with E-state index in [1.165, 1.54) is 17.7 Å². The molecule has 5 heteroatoms. The van der Waals surface area contributed by atoms with E-state index in [-0.39, 0.29) is 0 Å². The maximum atomic E-state index is 10.4. The van der Waals surface area contributed by atoms with Gasteiger partial charge in [0.25, 0.3) is 0 Å². The van der Waals surface area contributed by atoms with E-state index in [4.69, 9.17) is 9.52 Å². The van der Waals surface area contributed by atoms with Crippen LogP contribution in [0, 0.1) is 13.8 Å². The monoisotopic (exact) mass is 331 g/mol. The first-order valence-corrected chi connectivity index (χ1v) is 9.08. The lowest BCUT2D eigenvalue weighted by Gasteiger charge is -2.26. The number of aryl methyl sites for hydroxylation is 2. The van der Waals surface area contributed by atoms with E-state index in [9.17, 15) is 5.11 Å². The van der Waals surface area contributed by atoms with Gasteiger partial charge in [-0.1, -0.05) is 6.92 Å². The standard InChI is InChI=1S/C19H29N3O2/c1-4-9-22-15(3)17(14(2)20-22)13-21-10-5-7-16(21)12-18(23)19-8-6-11-24-19/h6,8,11,16,18,23H,4-5,7,9-10,12-13H2,1-3H3. The molecule has 2 atom stereocenters. The molecule has 2 aromatic rings. The average molecular weight is 331 g/mol. The number of aliphatic hydroxyl groups is 1. The highest BCUT2D eigenvalue weighted by molar-refractivity contribution is 5.24. The van der Waals surface area contributed by atoms with Crippen LogP contribution in [0.2, 0.25) is 0 Å². The summed E-state index contributed by atoms with van der Waals surface area (Å²) in [4.78, 5) is 2.50. The molecule has 0 aliphatic carbocycles. The maximum Gasteiger partial charge on any atom is 0.132 e. The number of hydrogen-bond acceptors (Lipinski definition) is 4. The van der Waals surface area contributed by atoms with E-state index < -0.39 is 6.10 Å². The van der Waals surface area contributed by atoms with Crippen molar-refractivity contribution in [3.05, 3.63) is 41.1 Å². The van der Waals surface area contributed by atoms with Gasteiger partial charge in [-0.15, -0.1) is 0 Å². The number of aromatic nitrogens is 2. The molecule has 2 unspecified atom stereocenters. The second kappa shape index (κ2) is 7.53. The second-order valence-electron chi connectivity index (χ2n) is 6.91. The van der Waals surface area contributed by atoms with Crippen LogP contribution in [0.15, 0.2) is 22.8 Å². The van der Waals surface area contributed by atoms with Crippen LogP contribution in [0.5, 0.6) is 0 Å². The predicted molar refractivity (Wildman–Crippen MR) is 93.7 cm³/mol. The van der Waals surface area contributed by atoms with Crippen LogP contribution in [0.1, 0.15) is 61.4 Å². The summed E-state index contributed by atoms with van der Waals surface area (Å²) in [5.74, 6) is 0.671. The van der Waals surface area contributed by atoms with E-state index in [0.717, 1.165) is 44.6 Å². The quantitative estimate of drug-likeness (QED) is 0.842. The first-order chi connectivity index (χ1) is 11.6. The molecule has 0 aromatic carbocycles. The van der Waals surface area contributed by atoms with Gasteiger partial charge in [0, 0.05) is 30.4 Å². The summed E-state index contributed by atoms with van der Waals surface area (Å²) in [7, 11) is 0. The summed E-state index contributed by atoms with van der Waals surface area (Å²) in [6.45, 7) is 9.46. The van der Waals surface area contributed by atoms with Gasteiger partial charge in [-0.05, 0) is 58.2 Å². The predicted octanol–water partition coefficient (Wildman–Crippen LogP) is 3.59. The van der Waals surface area contributed by atoms with E-state index in [1.54, 1.807) is 6.26 Å². The normalized spacial score (nSPS) is 19.9. The summed E-state index contributed by atoms with van der Waals surface area (Å²) in [5.41, 5.74) is 3.77. The smallest absolute Gasteiger partial charge is 0.132 e. The number of aliphatic hydroxyl groups excluding tert-OH is 1. The zero-order chi connectivity index (χ0) is 17.1. The van der Waals surface area contributed by atoms with Gasteiger partial charge in [0.05, 0.1) is 12.0 Å². The van der Waals surface area contributed by atoms with Gasteiger partial charge < -0.3 is 9.52 Å². The van der Waals surface area contributed by atoms with Gasteiger partial charge in [0.15, 0.2) is 0 Å². The molecule has 0 saturated carbocycles. The Kier molecular flexibility index (Phi) is 5.41. The molecule has 0 amide bonds. The SMILES string of the molecule is CCCn1nc(C)c(CN2CCCC2CC(O)c2ccco2)c1C. The van der Waals surface area contributed by atoms with Crippen LogP contribution in [0.4, 0.5) is 0 Å². The highest BCUT2D eigenvalue weighted by atomic mass is 16.4. The number of furan rings is 1. The molecule has 0 radical (unpaired) electrons. The summed E-state index contributed by atoms with van der Waals surface area (Å²) in [6, 6.07) is 4.09. The Labute approximate surface area is 144 Å². The van der Waals surface area contributed by atoms with Crippen molar-refractivity contribution in [2.75, 3.05) is 6.54 Å². The first-order valence-electron chi connectivity index (χ1n) is 9.08. The minimum absolute atomic E-state index is 0.401. The fourth-order valence-electron chi connectivity index (χ4n) is 3.82. The molecular formula is C19H29N3O2. The van der Waals surface area contributed by atoms with Crippen LogP contribution in [-0.4, -0.2) is 32.4 Å². The molecule has 3 heterocycles. The van der Waals surface area contributed by atoms with Crippen LogP contribution < -0.4 is 0 Å². The summed E-state index contributed by atoms with van der Waals surface area (Å²) < 4.78 is 7.48. The first kappa shape index (κ1) is 17.2. The van der Waals surface area contributed by atoms with Crippen molar-refractivity contribution in [3.8, 4) is 0 Å². The molecule has 1 aliphatic rings. The lowest BCUT2D eigenvalue weighted by molar-refractivity contribution is 0.0994. The van der Waals surface area contributed by atoms with Crippen molar-refractivity contribution in [2.24, 2.45) is 0 Å². The molecule has 1 fully saturated rings. The highest BCUT2D eigenvalue weighted by Crippen LogP contribution is 2.29. The molecule has 0 spiro atoms. The van der Waals surface area contributed by atoms with Crippen molar-refractivity contribution in [1.82, 2.24) is 14.7 Å².